The highest BCUT2D eigenvalue weighted by atomic mass is 32.2. The molecule has 6 aromatic heterocycles. The quantitative estimate of drug-likeness (QED) is 0.334. The van der Waals surface area contributed by atoms with Crippen LogP contribution in [0, 0.1) is 0 Å². The summed E-state index contributed by atoms with van der Waals surface area (Å²) in [7, 11) is -3.27. The fraction of sp³-hybridized carbons (Fsp3) is 0.0435. The molecule has 6 heterocycles. The van der Waals surface area contributed by atoms with E-state index in [4.69, 9.17) is 0 Å². The molecule has 0 saturated heterocycles. The first-order valence-electron chi connectivity index (χ1n) is 10.1. The van der Waals surface area contributed by atoms with Crippen LogP contribution < -0.4 is 0 Å². The first-order chi connectivity index (χ1) is 16.4. The summed E-state index contributed by atoms with van der Waals surface area (Å²) in [5, 5.41) is 18.8. The van der Waals surface area contributed by atoms with E-state index in [1.807, 2.05) is 24.3 Å². The Morgan fingerprint density at radius 3 is 2.62 bits per heavy atom. The third-order valence-corrected chi connectivity index (χ3v) is 8.42. The number of nitrogens with one attached hydrogen (secondary N) is 2. The fourth-order valence-electron chi connectivity index (χ4n) is 3.89. The number of aromatic amines is 2. The number of fused-ring (bicyclic) bond motifs is 2. The van der Waals surface area contributed by atoms with Crippen LogP contribution in [0.2, 0.25) is 0 Å². The lowest BCUT2D eigenvalue weighted by molar-refractivity contribution is 0.473. The molecule has 0 atom stereocenters. The van der Waals surface area contributed by atoms with E-state index in [2.05, 4.69) is 30.1 Å². The van der Waals surface area contributed by atoms with Gasteiger partial charge in [0, 0.05) is 57.2 Å². The van der Waals surface area contributed by atoms with Crippen molar-refractivity contribution in [3.63, 3.8) is 0 Å². The number of nitrogens with zero attached hydrogens (tertiary/aromatic N) is 4. The first kappa shape index (κ1) is 20.5. The van der Waals surface area contributed by atoms with Gasteiger partial charge in [-0.05, 0) is 36.4 Å². The molecule has 0 saturated carbocycles. The van der Waals surface area contributed by atoms with Crippen LogP contribution in [0.1, 0.15) is 0 Å². The number of H-pyrrole nitrogens is 2. The van der Waals surface area contributed by atoms with E-state index in [1.54, 1.807) is 30.7 Å². The van der Waals surface area contributed by atoms with Gasteiger partial charge in [-0.25, -0.2) is 18.4 Å². The zero-order chi connectivity index (χ0) is 23.4. The molecule has 0 aliphatic rings. The third-order valence-electron chi connectivity index (χ3n) is 5.48. The van der Waals surface area contributed by atoms with Crippen molar-refractivity contribution in [2.75, 3.05) is 6.26 Å². The summed E-state index contributed by atoms with van der Waals surface area (Å²) in [4.78, 5) is 17.1. The second-order valence-electron chi connectivity index (χ2n) is 7.82. The molecule has 0 aliphatic carbocycles. The van der Waals surface area contributed by atoms with Crippen molar-refractivity contribution in [1.29, 1.82) is 0 Å². The Morgan fingerprint density at radius 2 is 1.82 bits per heavy atom. The van der Waals surface area contributed by atoms with Gasteiger partial charge in [0.15, 0.2) is 15.5 Å². The Balaban J connectivity index is 1.48. The molecule has 0 amide bonds. The number of rotatable bonds is 4. The molecule has 11 heteroatoms. The molecule has 0 unspecified atom stereocenters. The summed E-state index contributed by atoms with van der Waals surface area (Å²) in [5.74, 6) is 0.0758. The van der Waals surface area contributed by atoms with Crippen LogP contribution in [0.5, 0.6) is 5.75 Å². The monoisotopic (exact) mass is 488 g/mol. The van der Waals surface area contributed by atoms with E-state index in [-0.39, 0.29) is 5.75 Å². The smallest absolute Gasteiger partial charge is 0.184 e. The molecule has 3 N–H and O–H groups in total. The lowest BCUT2D eigenvalue weighted by Crippen LogP contribution is -1.91. The number of aromatic nitrogens is 6. The lowest BCUT2D eigenvalue weighted by atomic mass is 10.1. The van der Waals surface area contributed by atoms with Crippen molar-refractivity contribution in [2.45, 2.75) is 4.21 Å². The summed E-state index contributed by atoms with van der Waals surface area (Å²) in [6, 6.07) is 10.8. The largest absolute Gasteiger partial charge is 0.506 e. The van der Waals surface area contributed by atoms with Crippen LogP contribution in [0.25, 0.3) is 55.0 Å². The Morgan fingerprint density at radius 1 is 0.971 bits per heavy atom. The molecule has 0 bridgehead atoms. The first-order valence-corrected chi connectivity index (χ1v) is 12.8. The zero-order valence-electron chi connectivity index (χ0n) is 17.6. The summed E-state index contributed by atoms with van der Waals surface area (Å²) in [6.45, 7) is 0. The lowest BCUT2D eigenvalue weighted by Gasteiger charge is -2.02. The van der Waals surface area contributed by atoms with Crippen LogP contribution in [-0.4, -0.2) is 49.9 Å². The average molecular weight is 489 g/mol. The minimum atomic E-state index is -3.27. The van der Waals surface area contributed by atoms with Gasteiger partial charge in [0.05, 0.1) is 17.6 Å². The number of hydrogen-bond donors (Lipinski definition) is 3. The van der Waals surface area contributed by atoms with Crippen molar-refractivity contribution >= 4 is 43.2 Å². The summed E-state index contributed by atoms with van der Waals surface area (Å²) < 4.78 is 24.2. The topological polar surface area (TPSA) is 138 Å². The van der Waals surface area contributed by atoms with Gasteiger partial charge < -0.3 is 10.1 Å². The molecule has 0 aromatic carbocycles. The van der Waals surface area contributed by atoms with E-state index < -0.39 is 9.84 Å². The summed E-state index contributed by atoms with van der Waals surface area (Å²) in [5.41, 5.74) is 5.15. The molecule has 168 valence electrons. The Bertz CT molecular complexity index is 1820. The van der Waals surface area contributed by atoms with Gasteiger partial charge in [0.1, 0.15) is 15.6 Å². The minimum Gasteiger partial charge on any atom is -0.506 e. The molecular formula is C23H16N6O3S2. The van der Waals surface area contributed by atoms with E-state index in [0.717, 1.165) is 43.7 Å². The molecule has 0 radical (unpaired) electrons. The van der Waals surface area contributed by atoms with Gasteiger partial charge in [0.2, 0.25) is 0 Å². The van der Waals surface area contributed by atoms with Crippen LogP contribution in [0.3, 0.4) is 0 Å². The van der Waals surface area contributed by atoms with Crippen molar-refractivity contribution < 1.29 is 13.5 Å². The maximum Gasteiger partial charge on any atom is 0.184 e. The molecule has 34 heavy (non-hydrogen) atoms. The number of aromatic hydroxyl groups is 1. The maximum atomic E-state index is 11.9. The normalized spacial score (nSPS) is 12.0. The van der Waals surface area contributed by atoms with E-state index in [0.29, 0.717) is 15.5 Å². The van der Waals surface area contributed by atoms with E-state index in [1.165, 1.54) is 23.8 Å². The molecule has 0 spiro atoms. The number of sulfone groups is 1. The Kier molecular flexibility index (Phi) is 4.51. The molecule has 0 aliphatic heterocycles. The third kappa shape index (κ3) is 3.42. The molecule has 6 rings (SSSR count). The molecule has 6 aromatic rings. The number of thiophene rings is 1. The predicted octanol–water partition coefficient (Wildman–Crippen LogP) is 4.40. The van der Waals surface area contributed by atoms with Crippen molar-refractivity contribution in [1.82, 2.24) is 30.1 Å². The second kappa shape index (κ2) is 7.47. The minimum absolute atomic E-state index is 0.0758. The molecular weight excluding hydrogens is 472 g/mol. The van der Waals surface area contributed by atoms with Crippen LogP contribution >= 0.6 is 11.3 Å². The highest BCUT2D eigenvalue weighted by molar-refractivity contribution is 7.92. The number of pyridine rings is 3. The standard InChI is InChI=1S/C23H16N6O3S2/c1-34(31,32)20-3-2-19(33-20)15-4-5-25-22-16(15)8-18(27-22)21-17-7-13(10-26-23(17)29-28-21)12-6-14(30)11-24-9-12/h2-11,30H,1H3,(H,25,27)(H,26,28,29). The molecule has 9 nitrogen and oxygen atoms in total. The second-order valence-corrected chi connectivity index (χ2v) is 11.1. The van der Waals surface area contributed by atoms with Gasteiger partial charge in [-0.15, -0.1) is 11.3 Å². The van der Waals surface area contributed by atoms with Crippen molar-refractivity contribution in [3.05, 3.63) is 61.2 Å². The highest BCUT2D eigenvalue weighted by Crippen LogP contribution is 2.37. The molecule has 0 fully saturated rings. The average Bonchev–Trinajstić information content (AvgIpc) is 3.55. The summed E-state index contributed by atoms with van der Waals surface area (Å²) >= 11 is 1.23. The van der Waals surface area contributed by atoms with Gasteiger partial charge in [-0.1, -0.05) is 0 Å². The van der Waals surface area contributed by atoms with Crippen LogP contribution in [0.15, 0.2) is 65.4 Å². The number of hydrogen-bond acceptors (Lipinski definition) is 8. The van der Waals surface area contributed by atoms with Crippen LogP contribution in [0.4, 0.5) is 0 Å². The van der Waals surface area contributed by atoms with Gasteiger partial charge >= 0.3 is 0 Å². The Labute approximate surface area is 197 Å². The van der Waals surface area contributed by atoms with E-state index >= 15 is 0 Å². The summed E-state index contributed by atoms with van der Waals surface area (Å²) in [6.07, 6.45) is 7.62. The zero-order valence-corrected chi connectivity index (χ0v) is 19.3. The van der Waals surface area contributed by atoms with Crippen molar-refractivity contribution in [3.8, 4) is 38.7 Å². The van der Waals surface area contributed by atoms with Crippen LogP contribution in [-0.2, 0) is 9.84 Å². The SMILES string of the molecule is CS(=O)(=O)c1ccc(-c2ccnc3[nH]c(-c4[nH]nc5ncc(-c6cncc(O)c6)cc45)cc23)s1. The van der Waals surface area contributed by atoms with Gasteiger partial charge in [-0.3, -0.25) is 10.1 Å². The van der Waals surface area contributed by atoms with Gasteiger partial charge in [0.25, 0.3) is 0 Å². The maximum absolute atomic E-state index is 11.9. The van der Waals surface area contributed by atoms with E-state index in [9.17, 15) is 13.5 Å². The Hall–Kier alpha value is -4.09. The van der Waals surface area contributed by atoms with Crippen molar-refractivity contribution in [2.24, 2.45) is 0 Å². The van der Waals surface area contributed by atoms with Gasteiger partial charge in [-0.2, -0.15) is 5.10 Å². The highest BCUT2D eigenvalue weighted by Gasteiger charge is 2.17. The predicted molar refractivity (Wildman–Crippen MR) is 130 cm³/mol. The fourth-order valence-corrected chi connectivity index (χ4v) is 5.86.